The minimum Gasteiger partial charge on any atom is -0.491 e. The number of hydrogen-bond donors (Lipinski definition) is 0. The van der Waals surface area contributed by atoms with Gasteiger partial charge in [-0.2, -0.15) is 0 Å². The fourth-order valence-corrected chi connectivity index (χ4v) is 3.65. The molecule has 2 aliphatic rings. The lowest BCUT2D eigenvalue weighted by molar-refractivity contribution is -0.132. The van der Waals surface area contributed by atoms with E-state index in [4.69, 9.17) is 4.74 Å². The number of amides is 3. The van der Waals surface area contributed by atoms with Crippen LogP contribution in [0.15, 0.2) is 54.6 Å². The second kappa shape index (κ2) is 8.34. The number of carbonyl (C=O) groups is 3. The van der Waals surface area contributed by atoms with Gasteiger partial charge in [-0.25, -0.2) is 0 Å². The van der Waals surface area contributed by atoms with Gasteiger partial charge in [-0.05, 0) is 24.3 Å². The number of para-hydroxylation sites is 2. The highest BCUT2D eigenvalue weighted by molar-refractivity contribution is 6.00. The number of benzene rings is 2. The topological polar surface area (TPSA) is 70.2 Å². The number of ether oxygens (including phenoxy) is 1. The van der Waals surface area contributed by atoms with Crippen molar-refractivity contribution in [1.29, 1.82) is 0 Å². The number of anilines is 1. The Morgan fingerprint density at radius 2 is 1.52 bits per heavy atom. The van der Waals surface area contributed by atoms with Crippen molar-refractivity contribution in [3.8, 4) is 5.75 Å². The van der Waals surface area contributed by atoms with Gasteiger partial charge in [0, 0.05) is 31.7 Å². The van der Waals surface area contributed by atoms with Gasteiger partial charge in [0.25, 0.3) is 5.91 Å². The zero-order valence-electron chi connectivity index (χ0n) is 16.1. The summed E-state index contributed by atoms with van der Waals surface area (Å²) in [5.74, 6) is 0.346. The van der Waals surface area contributed by atoms with Crippen LogP contribution >= 0.6 is 0 Å². The van der Waals surface area contributed by atoms with Gasteiger partial charge in [-0.3, -0.25) is 19.3 Å². The summed E-state index contributed by atoms with van der Waals surface area (Å²) < 4.78 is 5.63. The SMILES string of the molecule is O=C(CN1C(=O)CCOc2ccccc21)N1CCN(C(=O)c2ccccc2)CC1. The normalized spacial score (nSPS) is 16.7. The molecular weight excluding hydrogens is 370 g/mol. The number of hydrogen-bond acceptors (Lipinski definition) is 4. The second-order valence-electron chi connectivity index (χ2n) is 7.09. The first-order valence-corrected chi connectivity index (χ1v) is 9.78. The lowest BCUT2D eigenvalue weighted by Gasteiger charge is -2.35. The predicted octanol–water partition coefficient (Wildman–Crippen LogP) is 1.79. The van der Waals surface area contributed by atoms with Crippen LogP contribution in [-0.4, -0.2) is 66.9 Å². The van der Waals surface area contributed by atoms with E-state index in [1.165, 1.54) is 4.90 Å². The monoisotopic (exact) mass is 393 g/mol. The molecule has 2 aromatic carbocycles. The summed E-state index contributed by atoms with van der Waals surface area (Å²) in [6.07, 6.45) is 0.237. The molecule has 0 atom stereocenters. The third-order valence-corrected chi connectivity index (χ3v) is 5.26. The van der Waals surface area contributed by atoms with Gasteiger partial charge < -0.3 is 14.5 Å². The first-order valence-electron chi connectivity index (χ1n) is 9.78. The number of carbonyl (C=O) groups excluding carboxylic acids is 3. The standard InChI is InChI=1S/C22H23N3O4/c26-20-10-15-29-19-9-5-4-8-18(19)25(20)16-21(27)23-11-13-24(14-12-23)22(28)17-6-2-1-3-7-17/h1-9H,10-16H2. The minimum atomic E-state index is -0.124. The second-order valence-corrected chi connectivity index (χ2v) is 7.09. The molecule has 0 bridgehead atoms. The van der Waals surface area contributed by atoms with Crippen molar-refractivity contribution < 1.29 is 19.1 Å². The summed E-state index contributed by atoms with van der Waals surface area (Å²) in [7, 11) is 0. The van der Waals surface area contributed by atoms with Crippen LogP contribution in [0.2, 0.25) is 0 Å². The van der Waals surface area contributed by atoms with Crippen molar-refractivity contribution in [2.45, 2.75) is 6.42 Å². The summed E-state index contributed by atoms with van der Waals surface area (Å²) >= 11 is 0. The van der Waals surface area contributed by atoms with E-state index in [1.807, 2.05) is 30.3 Å². The third kappa shape index (κ3) is 4.08. The predicted molar refractivity (Wildman–Crippen MR) is 108 cm³/mol. The molecule has 0 N–H and O–H groups in total. The van der Waals surface area contributed by atoms with Crippen molar-refractivity contribution in [1.82, 2.24) is 9.80 Å². The third-order valence-electron chi connectivity index (χ3n) is 5.26. The van der Waals surface area contributed by atoms with Crippen LogP contribution in [0, 0.1) is 0 Å². The number of nitrogens with zero attached hydrogens (tertiary/aromatic N) is 3. The molecule has 150 valence electrons. The van der Waals surface area contributed by atoms with Crippen LogP contribution in [-0.2, 0) is 9.59 Å². The van der Waals surface area contributed by atoms with Crippen molar-refractivity contribution in [3.05, 3.63) is 60.2 Å². The lowest BCUT2D eigenvalue weighted by atomic mass is 10.2. The summed E-state index contributed by atoms with van der Waals surface area (Å²) in [6.45, 7) is 2.15. The van der Waals surface area contributed by atoms with E-state index in [-0.39, 0.29) is 30.7 Å². The molecule has 0 aromatic heterocycles. The molecule has 0 spiro atoms. The zero-order valence-corrected chi connectivity index (χ0v) is 16.1. The minimum absolute atomic E-state index is 0.0218. The van der Waals surface area contributed by atoms with Crippen molar-refractivity contribution in [3.63, 3.8) is 0 Å². The first kappa shape index (κ1) is 19.0. The summed E-state index contributed by atoms with van der Waals surface area (Å²) in [5.41, 5.74) is 1.28. The lowest BCUT2D eigenvalue weighted by Crippen LogP contribution is -2.53. The largest absolute Gasteiger partial charge is 0.491 e. The van der Waals surface area contributed by atoms with Gasteiger partial charge in [0.2, 0.25) is 11.8 Å². The van der Waals surface area contributed by atoms with E-state index in [2.05, 4.69) is 0 Å². The molecule has 4 rings (SSSR count). The quantitative estimate of drug-likeness (QED) is 0.797. The van der Waals surface area contributed by atoms with Gasteiger partial charge in [0.1, 0.15) is 12.3 Å². The van der Waals surface area contributed by atoms with E-state index in [0.717, 1.165) is 0 Å². The number of piperazine rings is 1. The Bertz CT molecular complexity index is 907. The fraction of sp³-hybridized carbons (Fsp3) is 0.318. The smallest absolute Gasteiger partial charge is 0.253 e. The highest BCUT2D eigenvalue weighted by atomic mass is 16.5. The van der Waals surface area contributed by atoms with Crippen LogP contribution in [0.1, 0.15) is 16.8 Å². The van der Waals surface area contributed by atoms with Crippen molar-refractivity contribution in [2.24, 2.45) is 0 Å². The van der Waals surface area contributed by atoms with Crippen molar-refractivity contribution >= 4 is 23.4 Å². The van der Waals surface area contributed by atoms with E-state index in [0.29, 0.717) is 49.8 Å². The van der Waals surface area contributed by atoms with Crippen LogP contribution in [0.25, 0.3) is 0 Å². The highest BCUT2D eigenvalue weighted by Gasteiger charge is 2.29. The molecule has 0 aliphatic carbocycles. The molecule has 2 aromatic rings. The Hall–Kier alpha value is -3.35. The molecule has 29 heavy (non-hydrogen) atoms. The Morgan fingerprint density at radius 1 is 0.862 bits per heavy atom. The molecule has 2 aliphatic heterocycles. The van der Waals surface area contributed by atoms with Gasteiger partial charge in [0.05, 0.1) is 18.7 Å². The first-order chi connectivity index (χ1) is 14.1. The Morgan fingerprint density at radius 3 is 2.28 bits per heavy atom. The average molecular weight is 393 g/mol. The van der Waals surface area contributed by atoms with Gasteiger partial charge in [-0.15, -0.1) is 0 Å². The molecule has 2 heterocycles. The van der Waals surface area contributed by atoms with E-state index in [1.54, 1.807) is 34.1 Å². The maximum absolute atomic E-state index is 12.9. The van der Waals surface area contributed by atoms with Crippen LogP contribution in [0.4, 0.5) is 5.69 Å². The molecule has 3 amide bonds. The molecule has 1 fully saturated rings. The van der Waals surface area contributed by atoms with Crippen LogP contribution < -0.4 is 9.64 Å². The Balaban J connectivity index is 1.39. The molecule has 0 saturated carbocycles. The zero-order chi connectivity index (χ0) is 20.2. The van der Waals surface area contributed by atoms with Crippen molar-refractivity contribution in [2.75, 3.05) is 44.2 Å². The van der Waals surface area contributed by atoms with E-state index >= 15 is 0 Å². The maximum Gasteiger partial charge on any atom is 0.253 e. The molecular formula is C22H23N3O4. The number of fused-ring (bicyclic) bond motifs is 1. The molecule has 0 unspecified atom stereocenters. The Kier molecular flexibility index (Phi) is 5.46. The summed E-state index contributed by atoms with van der Waals surface area (Å²) in [4.78, 5) is 42.9. The molecule has 7 heteroatoms. The highest BCUT2D eigenvalue weighted by Crippen LogP contribution is 2.30. The van der Waals surface area contributed by atoms with Gasteiger partial charge in [-0.1, -0.05) is 30.3 Å². The van der Waals surface area contributed by atoms with Gasteiger partial charge in [0.15, 0.2) is 0 Å². The maximum atomic E-state index is 12.9. The molecule has 7 nitrogen and oxygen atoms in total. The van der Waals surface area contributed by atoms with Crippen LogP contribution in [0.3, 0.4) is 0 Å². The Labute approximate surface area is 169 Å². The summed E-state index contributed by atoms with van der Waals surface area (Å²) in [6, 6.07) is 16.4. The number of rotatable bonds is 3. The van der Waals surface area contributed by atoms with E-state index in [9.17, 15) is 14.4 Å². The molecule has 1 saturated heterocycles. The molecule has 0 radical (unpaired) electrons. The van der Waals surface area contributed by atoms with E-state index < -0.39 is 0 Å². The van der Waals surface area contributed by atoms with Crippen LogP contribution in [0.5, 0.6) is 5.75 Å². The summed E-state index contributed by atoms with van der Waals surface area (Å²) in [5, 5.41) is 0. The fourth-order valence-electron chi connectivity index (χ4n) is 3.65. The average Bonchev–Trinajstić information content (AvgIpc) is 2.93. The van der Waals surface area contributed by atoms with Gasteiger partial charge >= 0.3 is 0 Å².